The molecule has 0 aliphatic heterocycles. The van der Waals surface area contributed by atoms with Crippen LogP contribution in [0.25, 0.3) is 10.8 Å². The topological polar surface area (TPSA) is 42.0 Å². The van der Waals surface area contributed by atoms with Gasteiger partial charge in [0.25, 0.3) is 0 Å². The molecular formula is C20H19BrN2O. The number of amides is 1. The SMILES string of the molecule is Cc1cc2c(CC(=O)NC(C)c3ccc(Br)cc3)cccc2cn1. The van der Waals surface area contributed by atoms with Crippen molar-refractivity contribution in [2.24, 2.45) is 0 Å². The third-order valence-corrected chi connectivity index (χ3v) is 4.62. The zero-order chi connectivity index (χ0) is 17.1. The number of hydrogen-bond acceptors (Lipinski definition) is 2. The smallest absolute Gasteiger partial charge is 0.224 e. The Morgan fingerprint density at radius 3 is 2.71 bits per heavy atom. The first-order valence-corrected chi connectivity index (χ1v) is 8.71. The Morgan fingerprint density at radius 2 is 1.96 bits per heavy atom. The van der Waals surface area contributed by atoms with Gasteiger partial charge in [-0.25, -0.2) is 0 Å². The van der Waals surface area contributed by atoms with E-state index in [1.165, 1.54) is 0 Å². The van der Waals surface area contributed by atoms with Crippen molar-refractivity contribution >= 4 is 32.6 Å². The first-order valence-electron chi connectivity index (χ1n) is 7.92. The van der Waals surface area contributed by atoms with Crippen LogP contribution in [0.15, 0.2) is 59.2 Å². The van der Waals surface area contributed by atoms with Gasteiger partial charge in [0.05, 0.1) is 12.5 Å². The minimum absolute atomic E-state index is 0.0207. The standard InChI is InChI=1S/C20H19BrN2O/c1-13-10-19-16(4-3-5-17(19)12-22-13)11-20(24)23-14(2)15-6-8-18(21)9-7-15/h3-10,12,14H,11H2,1-2H3,(H,23,24). The quantitative estimate of drug-likeness (QED) is 0.708. The number of rotatable bonds is 4. The summed E-state index contributed by atoms with van der Waals surface area (Å²) >= 11 is 3.43. The highest BCUT2D eigenvalue weighted by Crippen LogP contribution is 2.20. The zero-order valence-corrected chi connectivity index (χ0v) is 15.3. The van der Waals surface area contributed by atoms with Crippen LogP contribution in [0.4, 0.5) is 0 Å². The van der Waals surface area contributed by atoms with Crippen LogP contribution in [0.3, 0.4) is 0 Å². The molecule has 0 aliphatic carbocycles. The van der Waals surface area contributed by atoms with E-state index in [4.69, 9.17) is 0 Å². The van der Waals surface area contributed by atoms with E-state index in [0.29, 0.717) is 6.42 Å². The van der Waals surface area contributed by atoms with E-state index in [2.05, 4.69) is 26.2 Å². The highest BCUT2D eigenvalue weighted by atomic mass is 79.9. The second kappa shape index (κ2) is 7.14. The molecule has 1 heterocycles. The van der Waals surface area contributed by atoms with Crippen LogP contribution >= 0.6 is 15.9 Å². The number of pyridine rings is 1. The highest BCUT2D eigenvalue weighted by molar-refractivity contribution is 9.10. The molecule has 0 spiro atoms. The molecule has 1 N–H and O–H groups in total. The number of nitrogens with zero attached hydrogens (tertiary/aromatic N) is 1. The van der Waals surface area contributed by atoms with Crippen molar-refractivity contribution in [1.82, 2.24) is 10.3 Å². The van der Waals surface area contributed by atoms with Gasteiger partial charge in [-0.05, 0) is 48.6 Å². The van der Waals surface area contributed by atoms with E-state index in [9.17, 15) is 4.79 Å². The third-order valence-electron chi connectivity index (χ3n) is 4.09. The monoisotopic (exact) mass is 382 g/mol. The summed E-state index contributed by atoms with van der Waals surface area (Å²) in [5.74, 6) is 0.0207. The number of halogens is 1. The molecule has 1 unspecified atom stereocenters. The zero-order valence-electron chi connectivity index (χ0n) is 13.7. The van der Waals surface area contributed by atoms with Crippen LogP contribution in [0, 0.1) is 6.92 Å². The van der Waals surface area contributed by atoms with Gasteiger partial charge in [-0.2, -0.15) is 0 Å². The second-order valence-electron chi connectivity index (χ2n) is 5.98. The van der Waals surface area contributed by atoms with Crippen molar-refractivity contribution in [3.8, 4) is 0 Å². The molecule has 1 atom stereocenters. The van der Waals surface area contributed by atoms with E-state index in [1.54, 1.807) is 0 Å². The summed E-state index contributed by atoms with van der Waals surface area (Å²) in [4.78, 5) is 16.8. The molecule has 2 aromatic carbocycles. The van der Waals surface area contributed by atoms with Crippen molar-refractivity contribution in [2.75, 3.05) is 0 Å². The van der Waals surface area contributed by atoms with Crippen molar-refractivity contribution in [3.05, 3.63) is 76.0 Å². The van der Waals surface area contributed by atoms with Gasteiger partial charge < -0.3 is 5.32 Å². The van der Waals surface area contributed by atoms with Gasteiger partial charge in [-0.1, -0.05) is 46.3 Å². The molecular weight excluding hydrogens is 364 g/mol. The lowest BCUT2D eigenvalue weighted by Crippen LogP contribution is -2.28. The number of benzene rings is 2. The van der Waals surface area contributed by atoms with Crippen molar-refractivity contribution in [1.29, 1.82) is 0 Å². The number of fused-ring (bicyclic) bond motifs is 1. The molecule has 3 nitrogen and oxygen atoms in total. The van der Waals surface area contributed by atoms with Gasteiger partial charge in [0, 0.05) is 21.7 Å². The predicted octanol–water partition coefficient (Wildman–Crippen LogP) is 4.73. The van der Waals surface area contributed by atoms with Gasteiger partial charge >= 0.3 is 0 Å². The predicted molar refractivity (Wildman–Crippen MR) is 101 cm³/mol. The Labute approximate surface area is 150 Å². The van der Waals surface area contributed by atoms with Crippen LogP contribution in [0.5, 0.6) is 0 Å². The summed E-state index contributed by atoms with van der Waals surface area (Å²) in [6.07, 6.45) is 2.22. The molecule has 0 aliphatic rings. The maximum atomic E-state index is 12.5. The summed E-state index contributed by atoms with van der Waals surface area (Å²) in [7, 11) is 0. The molecule has 3 rings (SSSR count). The molecule has 1 aromatic heterocycles. The first kappa shape index (κ1) is 16.7. The maximum Gasteiger partial charge on any atom is 0.224 e. The minimum Gasteiger partial charge on any atom is -0.349 e. The summed E-state index contributed by atoms with van der Waals surface area (Å²) in [6.45, 7) is 3.96. The van der Waals surface area contributed by atoms with E-state index < -0.39 is 0 Å². The maximum absolute atomic E-state index is 12.5. The highest BCUT2D eigenvalue weighted by Gasteiger charge is 2.12. The van der Waals surface area contributed by atoms with E-state index in [0.717, 1.165) is 32.1 Å². The van der Waals surface area contributed by atoms with Gasteiger partial charge in [0.1, 0.15) is 0 Å². The average molecular weight is 383 g/mol. The Balaban J connectivity index is 1.75. The van der Waals surface area contributed by atoms with Crippen molar-refractivity contribution < 1.29 is 4.79 Å². The van der Waals surface area contributed by atoms with E-state index in [1.807, 2.05) is 68.6 Å². The average Bonchev–Trinajstić information content (AvgIpc) is 2.56. The van der Waals surface area contributed by atoms with E-state index in [-0.39, 0.29) is 11.9 Å². The minimum atomic E-state index is -0.0241. The van der Waals surface area contributed by atoms with Crippen LogP contribution < -0.4 is 5.32 Å². The fraction of sp³-hybridized carbons (Fsp3) is 0.200. The summed E-state index contributed by atoms with van der Waals surface area (Å²) in [5.41, 5.74) is 3.07. The molecule has 3 aromatic rings. The molecule has 0 bridgehead atoms. The van der Waals surface area contributed by atoms with Crippen molar-refractivity contribution in [2.45, 2.75) is 26.3 Å². The fourth-order valence-electron chi connectivity index (χ4n) is 2.79. The normalized spacial score (nSPS) is 12.1. The molecule has 4 heteroatoms. The molecule has 24 heavy (non-hydrogen) atoms. The summed E-state index contributed by atoms with van der Waals surface area (Å²) in [6, 6.07) is 16.0. The summed E-state index contributed by atoms with van der Waals surface area (Å²) < 4.78 is 1.03. The second-order valence-corrected chi connectivity index (χ2v) is 6.90. The number of carbonyl (C=O) groups excluding carboxylic acids is 1. The van der Waals surface area contributed by atoms with Gasteiger partial charge in [0.2, 0.25) is 5.91 Å². The number of aromatic nitrogens is 1. The molecule has 122 valence electrons. The third kappa shape index (κ3) is 3.82. The Kier molecular flexibility index (Phi) is 4.95. The largest absolute Gasteiger partial charge is 0.349 e. The van der Waals surface area contributed by atoms with Gasteiger partial charge in [-0.15, -0.1) is 0 Å². The molecule has 0 fully saturated rings. The number of nitrogens with one attached hydrogen (secondary N) is 1. The Morgan fingerprint density at radius 1 is 1.21 bits per heavy atom. The van der Waals surface area contributed by atoms with Gasteiger partial charge in [0.15, 0.2) is 0 Å². The van der Waals surface area contributed by atoms with Crippen LogP contribution in [-0.2, 0) is 11.2 Å². The number of hydrogen-bond donors (Lipinski definition) is 1. The van der Waals surface area contributed by atoms with Crippen molar-refractivity contribution in [3.63, 3.8) is 0 Å². The lowest BCUT2D eigenvalue weighted by Gasteiger charge is -2.15. The van der Waals surface area contributed by atoms with Crippen LogP contribution in [0.2, 0.25) is 0 Å². The number of aryl methyl sites for hydroxylation is 1. The Hall–Kier alpha value is -2.20. The van der Waals surface area contributed by atoms with E-state index >= 15 is 0 Å². The summed E-state index contributed by atoms with van der Waals surface area (Å²) in [5, 5.41) is 5.23. The fourth-order valence-corrected chi connectivity index (χ4v) is 3.06. The molecule has 0 saturated heterocycles. The lowest BCUT2D eigenvalue weighted by atomic mass is 10.0. The van der Waals surface area contributed by atoms with Crippen LogP contribution in [0.1, 0.15) is 29.8 Å². The molecule has 1 amide bonds. The van der Waals surface area contributed by atoms with Crippen LogP contribution in [-0.4, -0.2) is 10.9 Å². The van der Waals surface area contributed by atoms with Gasteiger partial charge in [-0.3, -0.25) is 9.78 Å². The first-order chi connectivity index (χ1) is 11.5. The molecule has 0 radical (unpaired) electrons. The number of carbonyl (C=O) groups is 1. The Bertz CT molecular complexity index is 874. The molecule has 0 saturated carbocycles. The lowest BCUT2D eigenvalue weighted by molar-refractivity contribution is -0.121.